The molecule has 35 heavy (non-hydrogen) atoms. The van der Waals surface area contributed by atoms with Crippen molar-refractivity contribution in [2.45, 2.75) is 89.5 Å². The fraction of sp³-hybridized carbons (Fsp3) is 0.731. The zero-order valence-corrected chi connectivity index (χ0v) is 20.6. The highest BCUT2D eigenvalue weighted by Gasteiger charge is 2.90. The van der Waals surface area contributed by atoms with Crippen LogP contribution in [0.3, 0.4) is 0 Å². The molecule has 190 valence electrons. The molecule has 0 unspecified atom stereocenters. The molecule has 2 saturated carbocycles. The molecule has 0 bridgehead atoms. The Hall–Kier alpha value is -2.23. The molecule has 3 aliphatic heterocycles. The summed E-state index contributed by atoms with van der Waals surface area (Å²) in [7, 11) is 0. The zero-order valence-electron chi connectivity index (χ0n) is 20.6. The number of ketones is 1. The van der Waals surface area contributed by atoms with Gasteiger partial charge in [0.05, 0.1) is 36.6 Å². The Bertz CT molecular complexity index is 1130. The van der Waals surface area contributed by atoms with Crippen LogP contribution in [-0.2, 0) is 28.6 Å². The minimum absolute atomic E-state index is 0.0207. The smallest absolute Gasteiger partial charge is 0.339 e. The van der Waals surface area contributed by atoms with Gasteiger partial charge < -0.3 is 28.8 Å². The summed E-state index contributed by atoms with van der Waals surface area (Å²) in [6.45, 7) is 9.01. The summed E-state index contributed by atoms with van der Waals surface area (Å²) in [5.74, 6) is -2.57. The molecule has 1 aromatic rings. The summed E-state index contributed by atoms with van der Waals surface area (Å²) in [6, 6.07) is 1.71. The van der Waals surface area contributed by atoms with Crippen molar-refractivity contribution in [2.24, 2.45) is 28.1 Å². The van der Waals surface area contributed by atoms with Crippen LogP contribution in [-0.4, -0.2) is 57.4 Å². The van der Waals surface area contributed by atoms with E-state index in [0.717, 1.165) is 0 Å². The van der Waals surface area contributed by atoms with E-state index in [4.69, 9.17) is 18.6 Å². The number of hydrogen-bond acceptors (Lipinski definition) is 9. The van der Waals surface area contributed by atoms with Gasteiger partial charge in [0.15, 0.2) is 6.10 Å². The number of aliphatic hydroxyl groups is 2. The molecule has 2 aliphatic carbocycles. The summed E-state index contributed by atoms with van der Waals surface area (Å²) in [5.41, 5.74) is -4.94. The number of carbonyl (C=O) groups excluding carboxylic acids is 3. The van der Waals surface area contributed by atoms with Crippen molar-refractivity contribution in [1.29, 1.82) is 0 Å². The molecule has 2 N–H and O–H groups in total. The predicted molar refractivity (Wildman–Crippen MR) is 117 cm³/mol. The monoisotopic (exact) mass is 488 g/mol. The Morgan fingerprint density at radius 1 is 1.00 bits per heavy atom. The standard InChI is InChI=1S/C26H32O9/c1-22(2)14-8-16(29)25(5)18(24(14,4)15(28)9-17(30)34-22)13(27)10-23(3)19(12-6-7-32-11-12)33-21(31)20-26(23,25)35-20/h6-7,11,13-15,18-20,27-28H,8-10H2,1-5H3/t13-,14-,15-,18-,19-,20+,23+,24+,25+,26+/m1/s1. The first-order chi connectivity index (χ1) is 16.2. The maximum absolute atomic E-state index is 14.2. The Morgan fingerprint density at radius 2 is 1.71 bits per heavy atom. The summed E-state index contributed by atoms with van der Waals surface area (Å²) < 4.78 is 23.0. The Kier molecular flexibility index (Phi) is 4.34. The first-order valence-electron chi connectivity index (χ1n) is 12.3. The van der Waals surface area contributed by atoms with Crippen LogP contribution in [0.4, 0.5) is 0 Å². The Morgan fingerprint density at radius 3 is 2.37 bits per heavy atom. The van der Waals surface area contributed by atoms with Gasteiger partial charge in [0.1, 0.15) is 23.1 Å². The molecule has 10 atom stereocenters. The minimum atomic E-state index is -1.32. The fourth-order valence-corrected chi connectivity index (χ4v) is 9.05. The molecule has 0 amide bonds. The van der Waals surface area contributed by atoms with E-state index in [0.29, 0.717) is 5.56 Å². The third-order valence-electron chi connectivity index (χ3n) is 10.4. The number of fused-ring (bicyclic) bond motifs is 3. The SMILES string of the molecule is CC1(C)OC(=O)C[C@@H](O)[C@]2(C)[C@@H]1CC(=O)[C@@]1(C)[C@@H]2[C@H](O)C[C@@]2(C)[C@@H](c3ccoc3)OC(=O)[C@@H]3O[C@@]321. The number of hydrogen-bond donors (Lipinski definition) is 2. The normalized spacial score (nSPS) is 52.1. The predicted octanol–water partition coefficient (Wildman–Crippen LogP) is 2.09. The second-order valence-corrected chi connectivity index (χ2v) is 12.3. The van der Waals surface area contributed by atoms with Crippen molar-refractivity contribution < 1.29 is 43.2 Å². The topological polar surface area (TPSA) is 136 Å². The number of rotatable bonds is 1. The van der Waals surface area contributed by atoms with E-state index < -0.39 is 75.6 Å². The van der Waals surface area contributed by atoms with E-state index in [1.54, 1.807) is 26.8 Å². The van der Waals surface area contributed by atoms with Gasteiger partial charge in [-0.25, -0.2) is 4.79 Å². The van der Waals surface area contributed by atoms with Gasteiger partial charge in [-0.3, -0.25) is 9.59 Å². The highest BCUT2D eigenvalue weighted by atomic mass is 16.7. The second kappa shape index (κ2) is 6.55. The van der Waals surface area contributed by atoms with Crippen LogP contribution in [0, 0.1) is 28.1 Å². The molecule has 9 heteroatoms. The lowest BCUT2D eigenvalue weighted by Gasteiger charge is -2.67. The average Bonchev–Trinajstić information content (AvgIpc) is 3.34. The fourth-order valence-electron chi connectivity index (χ4n) is 9.05. The van der Waals surface area contributed by atoms with E-state index in [2.05, 4.69) is 0 Å². The lowest BCUT2D eigenvalue weighted by Crippen LogP contribution is -2.75. The number of carbonyl (C=O) groups is 3. The third kappa shape index (κ3) is 2.42. The van der Waals surface area contributed by atoms with Crippen LogP contribution in [0.15, 0.2) is 23.0 Å². The van der Waals surface area contributed by atoms with Crippen LogP contribution < -0.4 is 0 Å². The molecule has 1 spiro atoms. The van der Waals surface area contributed by atoms with Gasteiger partial charge >= 0.3 is 11.9 Å². The molecular formula is C26H32O9. The van der Waals surface area contributed by atoms with Crippen molar-refractivity contribution in [3.63, 3.8) is 0 Å². The number of furan rings is 1. The molecule has 5 aliphatic rings. The summed E-state index contributed by atoms with van der Waals surface area (Å²) in [6.07, 6.45) is -0.973. The first-order valence-corrected chi connectivity index (χ1v) is 12.3. The molecule has 3 saturated heterocycles. The lowest BCUT2D eigenvalue weighted by atomic mass is 9.36. The summed E-state index contributed by atoms with van der Waals surface area (Å²) >= 11 is 0. The third-order valence-corrected chi connectivity index (χ3v) is 10.4. The number of esters is 2. The van der Waals surface area contributed by atoms with Crippen LogP contribution >= 0.6 is 0 Å². The van der Waals surface area contributed by atoms with Gasteiger partial charge in [0.25, 0.3) is 0 Å². The van der Waals surface area contributed by atoms with Crippen molar-refractivity contribution in [1.82, 2.24) is 0 Å². The van der Waals surface area contributed by atoms with Crippen LogP contribution in [0.2, 0.25) is 0 Å². The van der Waals surface area contributed by atoms with Gasteiger partial charge in [-0.1, -0.05) is 13.8 Å². The molecule has 0 aromatic carbocycles. The highest BCUT2D eigenvalue weighted by Crippen LogP contribution is 2.78. The van der Waals surface area contributed by atoms with Gasteiger partial charge in [0, 0.05) is 34.7 Å². The van der Waals surface area contributed by atoms with Crippen LogP contribution in [0.5, 0.6) is 0 Å². The summed E-state index contributed by atoms with van der Waals surface area (Å²) in [4.78, 5) is 39.9. The van der Waals surface area contributed by atoms with Crippen LogP contribution in [0.25, 0.3) is 0 Å². The van der Waals surface area contributed by atoms with E-state index in [1.165, 1.54) is 12.5 Å². The zero-order chi connectivity index (χ0) is 25.3. The highest BCUT2D eigenvalue weighted by molar-refractivity contribution is 5.93. The number of Topliss-reactive ketones (excluding diaryl/α,β-unsaturated/α-hetero) is 1. The maximum Gasteiger partial charge on any atom is 0.339 e. The quantitative estimate of drug-likeness (QED) is 0.450. The number of aliphatic hydroxyl groups excluding tert-OH is 2. The minimum Gasteiger partial charge on any atom is -0.472 e. The lowest BCUT2D eigenvalue weighted by molar-refractivity contribution is -0.257. The van der Waals surface area contributed by atoms with Gasteiger partial charge in [-0.2, -0.15) is 0 Å². The van der Waals surface area contributed by atoms with Gasteiger partial charge in [0.2, 0.25) is 0 Å². The van der Waals surface area contributed by atoms with Gasteiger partial charge in [-0.05, 0) is 33.3 Å². The van der Waals surface area contributed by atoms with E-state index >= 15 is 0 Å². The Labute approximate surface area is 203 Å². The second-order valence-electron chi connectivity index (χ2n) is 12.3. The molecule has 5 fully saturated rings. The number of epoxide rings is 1. The molecule has 4 heterocycles. The largest absolute Gasteiger partial charge is 0.472 e. The Balaban J connectivity index is 1.56. The molecule has 0 radical (unpaired) electrons. The van der Waals surface area contributed by atoms with Crippen molar-refractivity contribution >= 4 is 17.7 Å². The first kappa shape index (κ1) is 23.2. The maximum atomic E-state index is 14.2. The average molecular weight is 489 g/mol. The number of ether oxygens (including phenoxy) is 3. The molecule has 6 rings (SSSR count). The van der Waals surface area contributed by atoms with Crippen molar-refractivity contribution in [2.75, 3.05) is 0 Å². The molecular weight excluding hydrogens is 456 g/mol. The summed E-state index contributed by atoms with van der Waals surface area (Å²) in [5, 5.41) is 23.3. The van der Waals surface area contributed by atoms with Crippen molar-refractivity contribution in [3.8, 4) is 0 Å². The van der Waals surface area contributed by atoms with Crippen molar-refractivity contribution in [3.05, 3.63) is 24.2 Å². The van der Waals surface area contributed by atoms with E-state index in [9.17, 15) is 24.6 Å². The van der Waals surface area contributed by atoms with Gasteiger partial charge in [-0.15, -0.1) is 0 Å². The molecule has 9 nitrogen and oxygen atoms in total. The van der Waals surface area contributed by atoms with E-state index in [1.807, 2.05) is 13.8 Å². The van der Waals surface area contributed by atoms with E-state index in [-0.39, 0.29) is 25.0 Å². The molecule has 1 aromatic heterocycles. The number of cyclic esters (lactones) is 2. The van der Waals surface area contributed by atoms with Crippen LogP contribution in [0.1, 0.15) is 65.5 Å².